The Bertz CT molecular complexity index is 989. The molecule has 1 aliphatic carbocycles. The highest BCUT2D eigenvalue weighted by Crippen LogP contribution is 2.52. The molecular formula is C20H19BrN4O3. The van der Waals surface area contributed by atoms with Crippen molar-refractivity contribution in [2.45, 2.75) is 31.3 Å². The Balaban J connectivity index is 1.32. The van der Waals surface area contributed by atoms with Crippen LogP contribution in [0.5, 0.6) is 0 Å². The van der Waals surface area contributed by atoms with E-state index in [1.54, 1.807) is 11.1 Å². The minimum atomic E-state index is -0.281. The molecule has 3 aliphatic rings. The second-order valence-corrected chi connectivity index (χ2v) is 8.56. The first kappa shape index (κ1) is 17.8. The molecule has 0 saturated heterocycles. The molecular weight excluding hydrogens is 424 g/mol. The van der Waals surface area contributed by atoms with Crippen LogP contribution in [0, 0.1) is 0 Å². The highest BCUT2D eigenvalue weighted by Gasteiger charge is 2.51. The highest BCUT2D eigenvalue weighted by atomic mass is 79.9. The van der Waals surface area contributed by atoms with E-state index in [2.05, 4.69) is 31.2 Å². The van der Waals surface area contributed by atoms with Crippen molar-refractivity contribution >= 4 is 33.7 Å². The summed E-state index contributed by atoms with van der Waals surface area (Å²) in [6.45, 7) is 1.70. The van der Waals surface area contributed by atoms with E-state index in [0.29, 0.717) is 31.7 Å². The van der Waals surface area contributed by atoms with Gasteiger partial charge < -0.3 is 9.64 Å². The predicted octanol–water partition coefficient (Wildman–Crippen LogP) is 2.44. The fraction of sp³-hybridized carbons (Fsp3) is 0.400. The zero-order valence-corrected chi connectivity index (χ0v) is 16.8. The number of nitrogens with zero attached hydrogens (tertiary/aromatic N) is 3. The molecule has 5 rings (SSSR count). The lowest BCUT2D eigenvalue weighted by Gasteiger charge is -2.34. The Morgan fingerprint density at radius 3 is 3.04 bits per heavy atom. The number of carbonyl (C=O) groups excluding carboxylic acids is 2. The van der Waals surface area contributed by atoms with Gasteiger partial charge in [-0.2, -0.15) is 0 Å². The first-order valence-electron chi connectivity index (χ1n) is 9.36. The van der Waals surface area contributed by atoms with Crippen LogP contribution >= 0.6 is 15.9 Å². The third-order valence-electron chi connectivity index (χ3n) is 5.70. The lowest BCUT2D eigenvalue weighted by atomic mass is 9.86. The Kier molecular flexibility index (Phi) is 4.21. The van der Waals surface area contributed by atoms with Gasteiger partial charge in [0.15, 0.2) is 0 Å². The maximum atomic E-state index is 12.9. The number of ether oxygens (including phenoxy) is 1. The molecule has 1 aromatic carbocycles. The molecule has 2 amide bonds. The lowest BCUT2D eigenvalue weighted by Crippen LogP contribution is -2.46. The van der Waals surface area contributed by atoms with E-state index in [9.17, 15) is 9.59 Å². The van der Waals surface area contributed by atoms with Crippen molar-refractivity contribution in [3.05, 3.63) is 51.3 Å². The van der Waals surface area contributed by atoms with Gasteiger partial charge in [0.05, 0.1) is 18.9 Å². The highest BCUT2D eigenvalue weighted by molar-refractivity contribution is 9.10. The summed E-state index contributed by atoms with van der Waals surface area (Å²) in [5.41, 5.74) is 3.65. The number of benzene rings is 1. The molecule has 1 saturated carbocycles. The topological polar surface area (TPSA) is 84.4 Å². The van der Waals surface area contributed by atoms with E-state index in [0.717, 1.165) is 34.1 Å². The number of fused-ring (bicyclic) bond motifs is 3. The molecule has 28 heavy (non-hydrogen) atoms. The quantitative estimate of drug-likeness (QED) is 0.788. The number of hydrogen-bond acceptors (Lipinski definition) is 5. The molecule has 2 aromatic rings. The molecule has 0 unspecified atom stereocenters. The number of nitrogens with one attached hydrogen (secondary N) is 1. The number of aromatic nitrogens is 2. The summed E-state index contributed by atoms with van der Waals surface area (Å²) in [7, 11) is 0. The number of rotatable bonds is 3. The van der Waals surface area contributed by atoms with Gasteiger partial charge >= 0.3 is 0 Å². The number of hydrogen-bond donors (Lipinski definition) is 1. The molecule has 0 bridgehead atoms. The summed E-state index contributed by atoms with van der Waals surface area (Å²) < 4.78 is 6.35. The first-order chi connectivity index (χ1) is 13.5. The van der Waals surface area contributed by atoms with Crippen molar-refractivity contribution in [3.63, 3.8) is 0 Å². The van der Waals surface area contributed by atoms with Gasteiger partial charge in [-0.05, 0) is 36.6 Å². The number of amides is 2. The van der Waals surface area contributed by atoms with E-state index in [1.807, 2.05) is 18.2 Å². The molecule has 1 aromatic heterocycles. The molecule has 7 nitrogen and oxygen atoms in total. The Hall–Kier alpha value is -2.32. The Labute approximate surface area is 170 Å². The number of carbonyl (C=O) groups is 2. The summed E-state index contributed by atoms with van der Waals surface area (Å²) in [4.78, 5) is 35.7. The molecule has 3 heterocycles. The van der Waals surface area contributed by atoms with Crippen LogP contribution in [-0.2, 0) is 28.0 Å². The molecule has 1 spiro atoms. The standard InChI is InChI=1S/C20H19BrN4O3/c21-13-1-2-14-15(7-13)20(4-5-20)11-25(18(14)27)9-17(26)24-19-22-8-12-10-28-6-3-16(12)23-19/h1-2,7-8H,3-6,9-11H2,(H,22,23,24,26). The summed E-state index contributed by atoms with van der Waals surface area (Å²) >= 11 is 3.50. The zero-order chi connectivity index (χ0) is 19.3. The van der Waals surface area contributed by atoms with Crippen molar-refractivity contribution in [1.29, 1.82) is 0 Å². The molecule has 1 fully saturated rings. The van der Waals surface area contributed by atoms with Crippen LogP contribution in [0.15, 0.2) is 28.9 Å². The van der Waals surface area contributed by atoms with Crippen LogP contribution in [0.2, 0.25) is 0 Å². The molecule has 144 valence electrons. The SMILES string of the molecule is O=C(CN1CC2(CC2)c2cc(Br)ccc2C1=O)Nc1ncc2c(n1)CCOC2. The normalized spacial score (nSPS) is 19.2. The average molecular weight is 443 g/mol. The number of halogens is 1. The molecule has 1 N–H and O–H groups in total. The third kappa shape index (κ3) is 3.10. The fourth-order valence-electron chi connectivity index (χ4n) is 4.07. The predicted molar refractivity (Wildman–Crippen MR) is 105 cm³/mol. The van der Waals surface area contributed by atoms with Crippen LogP contribution in [0.3, 0.4) is 0 Å². The van der Waals surface area contributed by atoms with Gasteiger partial charge in [-0.1, -0.05) is 15.9 Å². The minimum absolute atomic E-state index is 0.000354. The minimum Gasteiger partial charge on any atom is -0.376 e. The molecule has 0 atom stereocenters. The maximum Gasteiger partial charge on any atom is 0.254 e. The van der Waals surface area contributed by atoms with Gasteiger partial charge in [-0.3, -0.25) is 14.9 Å². The smallest absolute Gasteiger partial charge is 0.254 e. The largest absolute Gasteiger partial charge is 0.376 e. The van der Waals surface area contributed by atoms with Crippen LogP contribution in [0.1, 0.15) is 40.0 Å². The van der Waals surface area contributed by atoms with Crippen LogP contribution in [-0.4, -0.2) is 46.4 Å². The fourth-order valence-corrected chi connectivity index (χ4v) is 4.43. The summed E-state index contributed by atoms with van der Waals surface area (Å²) in [5.74, 6) is -0.101. The van der Waals surface area contributed by atoms with Gasteiger partial charge in [-0.15, -0.1) is 0 Å². The monoisotopic (exact) mass is 442 g/mol. The van der Waals surface area contributed by atoms with Gasteiger partial charge in [0.25, 0.3) is 5.91 Å². The summed E-state index contributed by atoms with van der Waals surface area (Å²) in [6, 6.07) is 5.77. The molecule has 0 radical (unpaired) electrons. The average Bonchev–Trinajstić information content (AvgIpc) is 3.46. The van der Waals surface area contributed by atoms with Crippen molar-refractivity contribution in [2.24, 2.45) is 0 Å². The first-order valence-corrected chi connectivity index (χ1v) is 10.2. The second-order valence-electron chi connectivity index (χ2n) is 7.65. The third-order valence-corrected chi connectivity index (χ3v) is 6.19. The van der Waals surface area contributed by atoms with Crippen molar-refractivity contribution in [3.8, 4) is 0 Å². The van der Waals surface area contributed by atoms with Gasteiger partial charge in [-0.25, -0.2) is 9.97 Å². The van der Waals surface area contributed by atoms with E-state index in [-0.39, 0.29) is 29.7 Å². The summed E-state index contributed by atoms with van der Waals surface area (Å²) in [5, 5.41) is 2.74. The molecule has 8 heteroatoms. The summed E-state index contributed by atoms with van der Waals surface area (Å²) in [6.07, 6.45) is 4.48. The zero-order valence-electron chi connectivity index (χ0n) is 15.2. The van der Waals surface area contributed by atoms with E-state index in [1.165, 1.54) is 0 Å². The van der Waals surface area contributed by atoms with Gasteiger partial charge in [0.2, 0.25) is 11.9 Å². The maximum absolute atomic E-state index is 12.9. The van der Waals surface area contributed by atoms with Crippen molar-refractivity contribution < 1.29 is 14.3 Å². The van der Waals surface area contributed by atoms with Crippen LogP contribution in [0.4, 0.5) is 5.95 Å². The molecule has 2 aliphatic heterocycles. The second kappa shape index (κ2) is 6.63. The number of anilines is 1. The van der Waals surface area contributed by atoms with Crippen molar-refractivity contribution in [1.82, 2.24) is 14.9 Å². The van der Waals surface area contributed by atoms with Crippen LogP contribution < -0.4 is 5.32 Å². The Morgan fingerprint density at radius 2 is 2.21 bits per heavy atom. The Morgan fingerprint density at radius 1 is 1.36 bits per heavy atom. The lowest BCUT2D eigenvalue weighted by molar-refractivity contribution is -0.117. The van der Waals surface area contributed by atoms with Crippen molar-refractivity contribution in [2.75, 3.05) is 25.0 Å². The van der Waals surface area contributed by atoms with E-state index >= 15 is 0 Å². The van der Waals surface area contributed by atoms with E-state index in [4.69, 9.17) is 4.74 Å². The van der Waals surface area contributed by atoms with Gasteiger partial charge in [0.1, 0.15) is 6.54 Å². The van der Waals surface area contributed by atoms with E-state index < -0.39 is 0 Å². The van der Waals surface area contributed by atoms with Gasteiger partial charge in [0, 0.05) is 40.2 Å². The van der Waals surface area contributed by atoms with Crippen LogP contribution in [0.25, 0.3) is 0 Å².